The summed E-state index contributed by atoms with van der Waals surface area (Å²) >= 11 is 0. The first-order valence-corrected chi connectivity index (χ1v) is 7.86. The zero-order chi connectivity index (χ0) is 15.6. The van der Waals surface area contributed by atoms with Crippen LogP contribution >= 0.6 is 0 Å². The van der Waals surface area contributed by atoms with Gasteiger partial charge in [0, 0.05) is 13.1 Å². The molecule has 6 heteroatoms. The first kappa shape index (κ1) is 15.5. The Labute approximate surface area is 124 Å². The highest BCUT2D eigenvalue weighted by Gasteiger charge is 2.22. The van der Waals surface area contributed by atoms with Gasteiger partial charge in [-0.3, -0.25) is 4.31 Å². The van der Waals surface area contributed by atoms with Crippen LogP contribution in [0.5, 0.6) is 0 Å². The zero-order valence-electron chi connectivity index (χ0n) is 11.8. The molecule has 2 aromatic carbocycles. The summed E-state index contributed by atoms with van der Waals surface area (Å²) in [5.74, 6) is -0.487. The van der Waals surface area contributed by atoms with Gasteiger partial charge >= 0.3 is 0 Å². The molecule has 0 amide bonds. The minimum absolute atomic E-state index is 0.129. The van der Waals surface area contributed by atoms with E-state index in [4.69, 9.17) is 5.73 Å². The predicted octanol–water partition coefficient (Wildman–Crippen LogP) is 2.67. The second-order valence-corrected chi connectivity index (χ2v) is 6.78. The van der Waals surface area contributed by atoms with Crippen molar-refractivity contribution in [2.24, 2.45) is 5.73 Å². The van der Waals surface area contributed by atoms with Gasteiger partial charge in [0.2, 0.25) is 0 Å². The van der Waals surface area contributed by atoms with Crippen molar-refractivity contribution in [1.82, 2.24) is 0 Å². The Kier molecular flexibility index (Phi) is 4.29. The van der Waals surface area contributed by atoms with Crippen molar-refractivity contribution < 1.29 is 12.8 Å². The number of sulfonamides is 1. The van der Waals surface area contributed by atoms with E-state index in [-0.39, 0.29) is 16.6 Å². The third-order valence-corrected chi connectivity index (χ3v) is 5.00. The van der Waals surface area contributed by atoms with E-state index in [9.17, 15) is 12.8 Å². The van der Waals surface area contributed by atoms with Crippen molar-refractivity contribution in [1.29, 1.82) is 0 Å². The van der Waals surface area contributed by atoms with Gasteiger partial charge in [-0.05, 0) is 42.8 Å². The maximum Gasteiger partial charge on any atom is 0.264 e. The van der Waals surface area contributed by atoms with Crippen LogP contribution in [0.4, 0.5) is 10.1 Å². The Morgan fingerprint density at radius 1 is 1.14 bits per heavy atom. The lowest BCUT2D eigenvalue weighted by Gasteiger charge is -2.20. The Balaban J connectivity index is 2.44. The summed E-state index contributed by atoms with van der Waals surface area (Å²) in [6, 6.07) is 11.6. The monoisotopic (exact) mass is 308 g/mol. The van der Waals surface area contributed by atoms with Crippen LogP contribution in [0.25, 0.3) is 0 Å². The molecule has 112 valence electrons. The lowest BCUT2D eigenvalue weighted by atomic mass is 10.1. The van der Waals surface area contributed by atoms with Crippen LogP contribution in [0.15, 0.2) is 53.4 Å². The van der Waals surface area contributed by atoms with Crippen LogP contribution < -0.4 is 10.0 Å². The maximum absolute atomic E-state index is 13.3. The number of anilines is 1. The SMILES string of the molecule is CC(N)c1cccc(S(=O)(=O)N(C)c2cccc(F)c2)c1. The largest absolute Gasteiger partial charge is 0.324 e. The van der Waals surface area contributed by atoms with E-state index in [1.807, 2.05) is 0 Å². The molecular weight excluding hydrogens is 291 g/mol. The second-order valence-electron chi connectivity index (χ2n) is 4.81. The molecule has 0 saturated carbocycles. The van der Waals surface area contributed by atoms with Crippen molar-refractivity contribution in [3.8, 4) is 0 Å². The number of hydrogen-bond acceptors (Lipinski definition) is 3. The quantitative estimate of drug-likeness (QED) is 0.944. The van der Waals surface area contributed by atoms with E-state index in [1.165, 1.54) is 43.4 Å². The molecule has 0 saturated heterocycles. The molecule has 2 rings (SSSR count). The third-order valence-electron chi connectivity index (χ3n) is 3.21. The summed E-state index contributed by atoms with van der Waals surface area (Å²) in [6.07, 6.45) is 0. The maximum atomic E-state index is 13.3. The molecule has 2 aromatic rings. The Morgan fingerprint density at radius 3 is 2.43 bits per heavy atom. The normalized spacial score (nSPS) is 13.0. The van der Waals surface area contributed by atoms with Gasteiger partial charge in [0.05, 0.1) is 10.6 Å². The van der Waals surface area contributed by atoms with Gasteiger partial charge in [0.1, 0.15) is 5.82 Å². The summed E-state index contributed by atoms with van der Waals surface area (Å²) in [7, 11) is -2.36. The van der Waals surface area contributed by atoms with Gasteiger partial charge in [-0.1, -0.05) is 18.2 Å². The van der Waals surface area contributed by atoms with Crippen molar-refractivity contribution in [2.45, 2.75) is 17.9 Å². The molecule has 21 heavy (non-hydrogen) atoms. The van der Waals surface area contributed by atoms with E-state index in [2.05, 4.69) is 0 Å². The van der Waals surface area contributed by atoms with E-state index < -0.39 is 15.8 Å². The molecule has 0 spiro atoms. The number of nitrogens with two attached hydrogens (primary N) is 1. The fourth-order valence-electron chi connectivity index (χ4n) is 1.93. The molecule has 0 aliphatic rings. The minimum atomic E-state index is -3.75. The Hall–Kier alpha value is -1.92. The molecule has 2 N–H and O–H groups in total. The number of nitrogens with zero attached hydrogens (tertiary/aromatic N) is 1. The molecule has 1 atom stereocenters. The van der Waals surface area contributed by atoms with Crippen LogP contribution in [-0.2, 0) is 10.0 Å². The highest BCUT2D eigenvalue weighted by Crippen LogP contribution is 2.24. The average molecular weight is 308 g/mol. The van der Waals surface area contributed by atoms with Gasteiger partial charge in [-0.15, -0.1) is 0 Å². The van der Waals surface area contributed by atoms with Crippen molar-refractivity contribution >= 4 is 15.7 Å². The number of benzene rings is 2. The van der Waals surface area contributed by atoms with Crippen LogP contribution in [0, 0.1) is 5.82 Å². The lowest BCUT2D eigenvalue weighted by Crippen LogP contribution is -2.26. The van der Waals surface area contributed by atoms with Crippen LogP contribution in [0.1, 0.15) is 18.5 Å². The second kappa shape index (κ2) is 5.83. The first-order valence-electron chi connectivity index (χ1n) is 6.42. The van der Waals surface area contributed by atoms with Gasteiger partial charge < -0.3 is 5.73 Å². The smallest absolute Gasteiger partial charge is 0.264 e. The molecule has 0 bridgehead atoms. The fourth-order valence-corrected chi connectivity index (χ4v) is 3.17. The standard InChI is InChI=1S/C15H17FN2O2S/c1-11(17)12-5-3-8-15(9-12)21(19,20)18(2)14-7-4-6-13(16)10-14/h3-11H,17H2,1-2H3. The predicted molar refractivity (Wildman–Crippen MR) is 81.0 cm³/mol. The highest BCUT2D eigenvalue weighted by molar-refractivity contribution is 7.92. The number of halogens is 1. The molecule has 0 heterocycles. The summed E-state index contributed by atoms with van der Waals surface area (Å²) in [5.41, 5.74) is 6.77. The Bertz CT molecular complexity index is 745. The van der Waals surface area contributed by atoms with E-state index in [0.717, 1.165) is 9.87 Å². The van der Waals surface area contributed by atoms with Gasteiger partial charge in [0.25, 0.3) is 10.0 Å². The molecule has 0 aliphatic carbocycles. The molecular formula is C15H17FN2O2S. The lowest BCUT2D eigenvalue weighted by molar-refractivity contribution is 0.593. The van der Waals surface area contributed by atoms with E-state index in [1.54, 1.807) is 19.1 Å². The summed E-state index contributed by atoms with van der Waals surface area (Å²) in [5, 5.41) is 0. The van der Waals surface area contributed by atoms with Gasteiger partial charge in [0.15, 0.2) is 0 Å². The third kappa shape index (κ3) is 3.22. The summed E-state index contributed by atoms with van der Waals surface area (Å²) < 4.78 is 39.5. The summed E-state index contributed by atoms with van der Waals surface area (Å²) in [6.45, 7) is 1.78. The van der Waals surface area contributed by atoms with Crippen molar-refractivity contribution in [3.63, 3.8) is 0 Å². The van der Waals surface area contributed by atoms with Crippen LogP contribution in [-0.4, -0.2) is 15.5 Å². The average Bonchev–Trinajstić information content (AvgIpc) is 2.46. The first-order chi connectivity index (χ1) is 9.82. The molecule has 0 aliphatic heterocycles. The Morgan fingerprint density at radius 2 is 1.81 bits per heavy atom. The summed E-state index contributed by atoms with van der Waals surface area (Å²) in [4.78, 5) is 0.129. The molecule has 4 nitrogen and oxygen atoms in total. The van der Waals surface area contributed by atoms with Crippen molar-refractivity contribution in [3.05, 3.63) is 59.9 Å². The van der Waals surface area contributed by atoms with Crippen molar-refractivity contribution in [2.75, 3.05) is 11.4 Å². The number of rotatable bonds is 4. The van der Waals surface area contributed by atoms with E-state index >= 15 is 0 Å². The zero-order valence-corrected chi connectivity index (χ0v) is 12.6. The molecule has 0 aromatic heterocycles. The van der Waals surface area contributed by atoms with Crippen LogP contribution in [0.2, 0.25) is 0 Å². The fraction of sp³-hybridized carbons (Fsp3) is 0.200. The van der Waals surface area contributed by atoms with Gasteiger partial charge in [-0.25, -0.2) is 12.8 Å². The number of hydrogen-bond donors (Lipinski definition) is 1. The molecule has 1 unspecified atom stereocenters. The molecule has 0 radical (unpaired) electrons. The van der Waals surface area contributed by atoms with Gasteiger partial charge in [-0.2, -0.15) is 0 Å². The van der Waals surface area contributed by atoms with Crippen LogP contribution in [0.3, 0.4) is 0 Å². The van der Waals surface area contributed by atoms with E-state index in [0.29, 0.717) is 0 Å². The minimum Gasteiger partial charge on any atom is -0.324 e. The topological polar surface area (TPSA) is 63.4 Å². The highest BCUT2D eigenvalue weighted by atomic mass is 32.2. The molecule has 0 fully saturated rings.